The van der Waals surface area contributed by atoms with Crippen molar-refractivity contribution >= 4 is 0 Å². The molecule has 2 bridgehead atoms. The van der Waals surface area contributed by atoms with Crippen molar-refractivity contribution in [3.05, 3.63) is 0 Å². The van der Waals surface area contributed by atoms with Crippen LogP contribution in [0, 0.1) is 34.0 Å². The lowest BCUT2D eigenvalue weighted by Crippen LogP contribution is -2.61. The molecule has 0 heterocycles. The third-order valence-electron chi connectivity index (χ3n) is 8.67. The Labute approximate surface area is 135 Å². The second kappa shape index (κ2) is 4.30. The van der Waals surface area contributed by atoms with Gasteiger partial charge >= 0.3 is 0 Å². The molecule has 0 saturated heterocycles. The summed E-state index contributed by atoms with van der Waals surface area (Å²) in [5, 5.41) is 22.0. The summed E-state index contributed by atoms with van der Waals surface area (Å²) < 4.78 is 0. The molecule has 0 radical (unpaired) electrons. The van der Waals surface area contributed by atoms with Gasteiger partial charge in [0.1, 0.15) is 0 Å². The average molecular weight is 306 g/mol. The van der Waals surface area contributed by atoms with Gasteiger partial charge in [-0.1, -0.05) is 27.2 Å². The van der Waals surface area contributed by atoms with Gasteiger partial charge in [0.2, 0.25) is 0 Å². The van der Waals surface area contributed by atoms with Gasteiger partial charge in [0.25, 0.3) is 0 Å². The van der Waals surface area contributed by atoms with Crippen molar-refractivity contribution in [2.24, 2.45) is 34.0 Å². The van der Waals surface area contributed by atoms with E-state index in [2.05, 4.69) is 27.7 Å². The van der Waals surface area contributed by atoms with Gasteiger partial charge in [-0.15, -0.1) is 0 Å². The van der Waals surface area contributed by atoms with Crippen LogP contribution < -0.4 is 0 Å². The first-order valence-corrected chi connectivity index (χ1v) is 9.51. The molecular weight excluding hydrogens is 272 g/mol. The molecule has 4 saturated carbocycles. The average Bonchev–Trinajstić information content (AvgIpc) is 2.52. The van der Waals surface area contributed by atoms with E-state index in [1.807, 2.05) is 0 Å². The summed E-state index contributed by atoms with van der Waals surface area (Å²) in [6.45, 7) is 9.31. The monoisotopic (exact) mass is 306 g/mol. The summed E-state index contributed by atoms with van der Waals surface area (Å²) >= 11 is 0. The minimum atomic E-state index is -0.498. The molecular formula is C20H34O2. The molecule has 4 aliphatic rings. The molecule has 0 aliphatic heterocycles. The minimum Gasteiger partial charge on any atom is -0.393 e. The van der Waals surface area contributed by atoms with Gasteiger partial charge in [-0.3, -0.25) is 0 Å². The fraction of sp³-hybridized carbons (Fsp3) is 1.00. The van der Waals surface area contributed by atoms with E-state index < -0.39 is 5.60 Å². The molecule has 0 aromatic rings. The van der Waals surface area contributed by atoms with Crippen LogP contribution in [0.4, 0.5) is 0 Å². The van der Waals surface area contributed by atoms with E-state index in [1.54, 1.807) is 0 Å². The highest BCUT2D eigenvalue weighted by molar-refractivity contribution is 5.17. The van der Waals surface area contributed by atoms with Crippen LogP contribution in [0.25, 0.3) is 0 Å². The summed E-state index contributed by atoms with van der Waals surface area (Å²) in [7, 11) is 0. The lowest BCUT2D eigenvalue weighted by atomic mass is 9.40. The van der Waals surface area contributed by atoms with E-state index in [9.17, 15) is 10.2 Å². The Bertz CT molecular complexity index is 482. The van der Waals surface area contributed by atoms with Crippen LogP contribution in [0.15, 0.2) is 0 Å². The molecule has 7 atom stereocenters. The Kier molecular flexibility index (Phi) is 3.02. The standard InChI is InChI=1S/C20H34O2/c1-17(2)8-5-9-18(3)15-7-6-13-10-20(15,12-19(13,4)22)11-14(21)16(17)18/h13-16,21-22H,5-12H2,1-4H3/t13-,14+,15?,16-,18+,19-,20-/m1/s1. The van der Waals surface area contributed by atoms with Crippen molar-refractivity contribution in [3.63, 3.8) is 0 Å². The molecule has 2 nitrogen and oxygen atoms in total. The first-order chi connectivity index (χ1) is 10.1. The highest BCUT2D eigenvalue weighted by atomic mass is 16.3. The van der Waals surface area contributed by atoms with Crippen LogP contribution in [0.3, 0.4) is 0 Å². The van der Waals surface area contributed by atoms with E-state index in [0.717, 1.165) is 19.3 Å². The third kappa shape index (κ3) is 1.80. The minimum absolute atomic E-state index is 0.177. The molecule has 126 valence electrons. The zero-order valence-electron chi connectivity index (χ0n) is 14.9. The molecule has 0 amide bonds. The lowest BCUT2D eigenvalue weighted by molar-refractivity contribution is -0.197. The topological polar surface area (TPSA) is 40.5 Å². The van der Waals surface area contributed by atoms with Gasteiger partial charge in [-0.05, 0) is 85.9 Å². The van der Waals surface area contributed by atoms with Crippen molar-refractivity contribution < 1.29 is 10.2 Å². The second-order valence-electron chi connectivity index (χ2n) is 10.5. The van der Waals surface area contributed by atoms with E-state index >= 15 is 0 Å². The number of hydrogen-bond acceptors (Lipinski definition) is 2. The largest absolute Gasteiger partial charge is 0.393 e. The quantitative estimate of drug-likeness (QED) is 0.706. The zero-order valence-corrected chi connectivity index (χ0v) is 14.9. The number of fused-ring (bicyclic) bond motifs is 3. The number of hydrogen-bond donors (Lipinski definition) is 2. The molecule has 1 spiro atoms. The summed E-state index contributed by atoms with van der Waals surface area (Å²) in [6.07, 6.45) is 9.15. The molecule has 4 rings (SSSR count). The number of aliphatic hydroxyl groups is 2. The zero-order chi connectivity index (χ0) is 16.0. The maximum atomic E-state index is 11.1. The van der Waals surface area contributed by atoms with E-state index in [1.165, 1.54) is 32.1 Å². The first-order valence-electron chi connectivity index (χ1n) is 9.51. The molecule has 4 aliphatic carbocycles. The van der Waals surface area contributed by atoms with Gasteiger partial charge in [0.05, 0.1) is 11.7 Å². The molecule has 2 heteroatoms. The van der Waals surface area contributed by atoms with Crippen LogP contribution in [0.2, 0.25) is 0 Å². The smallest absolute Gasteiger partial charge is 0.0653 e. The highest BCUT2D eigenvalue weighted by Crippen LogP contribution is 2.72. The van der Waals surface area contributed by atoms with Crippen molar-refractivity contribution in [2.75, 3.05) is 0 Å². The predicted molar refractivity (Wildman–Crippen MR) is 88.4 cm³/mol. The summed E-state index contributed by atoms with van der Waals surface area (Å²) in [6, 6.07) is 0. The normalized spacial score (nSPS) is 59.7. The van der Waals surface area contributed by atoms with E-state index in [0.29, 0.717) is 17.8 Å². The Morgan fingerprint density at radius 2 is 1.68 bits per heavy atom. The molecule has 22 heavy (non-hydrogen) atoms. The van der Waals surface area contributed by atoms with Crippen molar-refractivity contribution in [3.8, 4) is 0 Å². The molecule has 0 aromatic heterocycles. The maximum absolute atomic E-state index is 11.1. The summed E-state index contributed by atoms with van der Waals surface area (Å²) in [5.41, 5.74) is 0.239. The maximum Gasteiger partial charge on any atom is 0.0653 e. The number of aliphatic hydroxyl groups excluding tert-OH is 1. The lowest BCUT2D eigenvalue weighted by Gasteiger charge is -2.65. The summed E-state index contributed by atoms with van der Waals surface area (Å²) in [4.78, 5) is 0. The van der Waals surface area contributed by atoms with E-state index in [4.69, 9.17) is 0 Å². The van der Waals surface area contributed by atoms with E-state index in [-0.39, 0.29) is 22.3 Å². The van der Waals surface area contributed by atoms with Gasteiger partial charge in [0.15, 0.2) is 0 Å². The molecule has 4 fully saturated rings. The number of rotatable bonds is 0. The van der Waals surface area contributed by atoms with Crippen LogP contribution in [-0.2, 0) is 0 Å². The molecule has 2 N–H and O–H groups in total. The SMILES string of the molecule is CC1(C)CCC[C@@]2(C)C3CC[C@@H]4C[C@@]3(C[C@H](O)[C@H]12)C[C@@]4(C)O. The van der Waals surface area contributed by atoms with Crippen molar-refractivity contribution in [1.29, 1.82) is 0 Å². The molecule has 0 aromatic carbocycles. The van der Waals surface area contributed by atoms with Gasteiger partial charge < -0.3 is 10.2 Å². The van der Waals surface area contributed by atoms with Crippen molar-refractivity contribution in [1.82, 2.24) is 0 Å². The fourth-order valence-corrected chi connectivity index (χ4v) is 8.33. The van der Waals surface area contributed by atoms with Crippen molar-refractivity contribution in [2.45, 2.75) is 90.8 Å². The second-order valence-corrected chi connectivity index (χ2v) is 10.5. The molecule has 1 unspecified atom stereocenters. The Morgan fingerprint density at radius 1 is 0.955 bits per heavy atom. The van der Waals surface area contributed by atoms with Gasteiger partial charge in [-0.2, -0.15) is 0 Å². The van der Waals surface area contributed by atoms with Gasteiger partial charge in [-0.25, -0.2) is 0 Å². The van der Waals surface area contributed by atoms with Crippen LogP contribution in [0.5, 0.6) is 0 Å². The van der Waals surface area contributed by atoms with Crippen LogP contribution in [0.1, 0.15) is 79.1 Å². The van der Waals surface area contributed by atoms with Crippen LogP contribution >= 0.6 is 0 Å². The Morgan fingerprint density at radius 3 is 2.41 bits per heavy atom. The highest BCUT2D eigenvalue weighted by Gasteiger charge is 2.68. The Hall–Kier alpha value is -0.0800. The fourth-order valence-electron chi connectivity index (χ4n) is 8.33. The van der Waals surface area contributed by atoms with Gasteiger partial charge in [0, 0.05) is 0 Å². The Balaban J connectivity index is 1.78. The third-order valence-corrected chi connectivity index (χ3v) is 8.67. The van der Waals surface area contributed by atoms with Crippen LogP contribution in [-0.4, -0.2) is 21.9 Å². The first kappa shape index (κ1) is 15.4. The summed E-state index contributed by atoms with van der Waals surface area (Å²) in [5.74, 6) is 1.61. The predicted octanol–water partition coefficient (Wildman–Crippen LogP) is 4.14.